The third-order valence-electron chi connectivity index (χ3n) is 8.00. The molecule has 5 nitrogen and oxygen atoms in total. The molecule has 0 bridgehead atoms. The van der Waals surface area contributed by atoms with Gasteiger partial charge in [-0.1, -0.05) is 67.8 Å². The van der Waals surface area contributed by atoms with Gasteiger partial charge in [0.1, 0.15) is 4.88 Å². The fraction of sp³-hybridized carbons (Fsp3) is 0.387. The Labute approximate surface area is 230 Å². The van der Waals surface area contributed by atoms with E-state index in [1.807, 2.05) is 49.4 Å². The molecule has 0 unspecified atom stereocenters. The molecule has 0 atom stereocenters. The maximum absolute atomic E-state index is 13.7. The average Bonchev–Trinajstić information content (AvgIpc) is 3.39. The van der Waals surface area contributed by atoms with E-state index in [9.17, 15) is 13.2 Å². The molecule has 38 heavy (non-hydrogen) atoms. The van der Waals surface area contributed by atoms with E-state index in [-0.39, 0.29) is 5.97 Å². The number of carbonyl (C=O) groups excluding carboxylic acids is 1. The smallest absolute Gasteiger partial charge is 0.348 e. The van der Waals surface area contributed by atoms with Gasteiger partial charge in [-0.3, -0.25) is 0 Å². The number of nitrogens with zero attached hydrogens (tertiary/aromatic N) is 1. The lowest BCUT2D eigenvalue weighted by molar-refractivity contribution is 0.0606. The molecule has 2 heterocycles. The summed E-state index contributed by atoms with van der Waals surface area (Å²) in [6.45, 7) is 5.00. The average molecular weight is 550 g/mol. The van der Waals surface area contributed by atoms with Crippen molar-refractivity contribution >= 4 is 32.9 Å². The number of aryl methyl sites for hydroxylation is 1. The summed E-state index contributed by atoms with van der Waals surface area (Å²) in [7, 11) is -2.21. The van der Waals surface area contributed by atoms with E-state index in [1.54, 1.807) is 16.4 Å². The highest BCUT2D eigenvalue weighted by atomic mass is 32.2. The lowest BCUT2D eigenvalue weighted by atomic mass is 9.75. The first-order valence-electron chi connectivity index (χ1n) is 13.3. The highest BCUT2D eigenvalue weighted by Crippen LogP contribution is 2.44. The first kappa shape index (κ1) is 26.9. The van der Waals surface area contributed by atoms with Gasteiger partial charge in [-0.15, -0.1) is 11.3 Å². The van der Waals surface area contributed by atoms with Gasteiger partial charge in [-0.25, -0.2) is 13.2 Å². The van der Waals surface area contributed by atoms with Crippen molar-refractivity contribution in [3.05, 3.63) is 82.2 Å². The highest BCUT2D eigenvalue weighted by molar-refractivity contribution is 7.89. The van der Waals surface area contributed by atoms with Crippen LogP contribution in [0.3, 0.4) is 0 Å². The number of rotatable bonds is 6. The number of benzene rings is 2. The van der Waals surface area contributed by atoms with Gasteiger partial charge < -0.3 is 4.74 Å². The molecule has 2 aliphatic rings. The van der Waals surface area contributed by atoms with Crippen molar-refractivity contribution in [1.29, 1.82) is 0 Å². The zero-order valence-corrected chi connectivity index (χ0v) is 23.9. The van der Waals surface area contributed by atoms with Crippen LogP contribution in [-0.2, 0) is 14.8 Å². The molecule has 0 spiro atoms. The molecular weight excluding hydrogens is 514 g/mol. The van der Waals surface area contributed by atoms with Gasteiger partial charge in [-0.05, 0) is 72.9 Å². The summed E-state index contributed by atoms with van der Waals surface area (Å²) in [5.41, 5.74) is 5.28. The molecule has 7 heteroatoms. The molecule has 0 N–H and O–H groups in total. The summed E-state index contributed by atoms with van der Waals surface area (Å²) in [5.74, 6) is 0.650. The maximum Gasteiger partial charge on any atom is 0.348 e. The Morgan fingerprint density at radius 1 is 1.00 bits per heavy atom. The van der Waals surface area contributed by atoms with Gasteiger partial charge in [0.2, 0.25) is 10.0 Å². The fourth-order valence-corrected chi connectivity index (χ4v) is 8.25. The second-order valence-corrected chi connectivity index (χ2v) is 13.6. The molecule has 0 radical (unpaired) electrons. The van der Waals surface area contributed by atoms with Crippen LogP contribution in [0.15, 0.2) is 71.1 Å². The van der Waals surface area contributed by atoms with Crippen LogP contribution in [0.4, 0.5) is 0 Å². The van der Waals surface area contributed by atoms with E-state index in [2.05, 4.69) is 13.0 Å². The van der Waals surface area contributed by atoms with Crippen molar-refractivity contribution < 1.29 is 17.9 Å². The Balaban J connectivity index is 1.59. The molecule has 2 aromatic carbocycles. The van der Waals surface area contributed by atoms with Gasteiger partial charge in [0.25, 0.3) is 0 Å². The van der Waals surface area contributed by atoms with Crippen LogP contribution in [0.5, 0.6) is 0 Å². The molecule has 0 amide bonds. The summed E-state index contributed by atoms with van der Waals surface area (Å²) < 4.78 is 34.2. The lowest BCUT2D eigenvalue weighted by Crippen LogP contribution is -2.39. The summed E-state index contributed by atoms with van der Waals surface area (Å²) in [6.07, 6.45) is 4.93. The van der Waals surface area contributed by atoms with Crippen LogP contribution in [0, 0.1) is 18.8 Å². The first-order chi connectivity index (χ1) is 18.3. The van der Waals surface area contributed by atoms with E-state index >= 15 is 0 Å². The summed E-state index contributed by atoms with van der Waals surface area (Å²) in [6, 6.07) is 19.3. The number of hydrogen-bond donors (Lipinski definition) is 0. The quantitative estimate of drug-likeness (QED) is 0.306. The molecular formula is C31H35NO4S2. The summed E-state index contributed by atoms with van der Waals surface area (Å²) in [5, 5.41) is 0. The van der Waals surface area contributed by atoms with E-state index in [1.165, 1.54) is 24.0 Å². The van der Waals surface area contributed by atoms with E-state index in [4.69, 9.17) is 4.74 Å². The maximum atomic E-state index is 13.7. The molecule has 1 aromatic heterocycles. The Bertz CT molecular complexity index is 1430. The normalized spacial score (nSPS) is 20.9. The topological polar surface area (TPSA) is 63.7 Å². The molecule has 0 saturated heterocycles. The van der Waals surface area contributed by atoms with Crippen LogP contribution in [0.25, 0.3) is 16.0 Å². The van der Waals surface area contributed by atoms with Crippen molar-refractivity contribution in [2.45, 2.75) is 50.8 Å². The summed E-state index contributed by atoms with van der Waals surface area (Å²) in [4.78, 5) is 14.9. The Hall–Kier alpha value is -2.74. The molecule has 5 rings (SSSR count). The van der Waals surface area contributed by atoms with Crippen molar-refractivity contribution in [2.24, 2.45) is 11.8 Å². The third kappa shape index (κ3) is 5.37. The summed E-state index contributed by atoms with van der Waals surface area (Å²) >= 11 is 1.45. The molecule has 3 aromatic rings. The van der Waals surface area contributed by atoms with Crippen molar-refractivity contribution in [3.8, 4) is 10.4 Å². The van der Waals surface area contributed by atoms with Gasteiger partial charge >= 0.3 is 5.97 Å². The monoisotopic (exact) mass is 549 g/mol. The number of esters is 1. The second-order valence-electron chi connectivity index (χ2n) is 10.6. The third-order valence-corrected chi connectivity index (χ3v) is 11.0. The standard InChI is InChI=1S/C31H35NO4S2/c1-21-9-13-23(14-10-21)28-20-32(38(34,35)25-15-11-22(2)12-16-25)18-17-26(28)27-19-29(24-7-5-4-6-8-24)37-30(27)31(33)36-3/h4-8,11-12,15-16,19,21,23H,9-10,13-14,17-18,20H2,1-3H3. The van der Waals surface area contributed by atoms with Crippen LogP contribution in [0.2, 0.25) is 0 Å². The number of hydrogen-bond acceptors (Lipinski definition) is 5. The molecule has 1 aliphatic heterocycles. The number of carbonyl (C=O) groups is 1. The van der Waals surface area contributed by atoms with Crippen LogP contribution in [-0.4, -0.2) is 38.9 Å². The number of ether oxygens (including phenoxy) is 1. The highest BCUT2D eigenvalue weighted by Gasteiger charge is 2.35. The Morgan fingerprint density at radius 3 is 2.34 bits per heavy atom. The molecule has 1 fully saturated rings. The van der Waals surface area contributed by atoms with E-state index in [0.717, 1.165) is 52.8 Å². The zero-order chi connectivity index (χ0) is 26.9. The van der Waals surface area contributed by atoms with E-state index < -0.39 is 10.0 Å². The number of methoxy groups -OCH3 is 1. The largest absolute Gasteiger partial charge is 0.465 e. The fourth-order valence-electron chi connectivity index (χ4n) is 5.72. The number of thiophene rings is 1. The van der Waals surface area contributed by atoms with Gasteiger partial charge in [0, 0.05) is 23.5 Å². The minimum atomic E-state index is -3.63. The van der Waals surface area contributed by atoms with Crippen molar-refractivity contribution in [3.63, 3.8) is 0 Å². The minimum absolute atomic E-state index is 0.308. The van der Waals surface area contributed by atoms with Crippen LogP contribution in [0.1, 0.15) is 59.8 Å². The molecule has 1 aliphatic carbocycles. The van der Waals surface area contributed by atoms with Gasteiger partial charge in [-0.2, -0.15) is 4.31 Å². The van der Waals surface area contributed by atoms with Crippen LogP contribution >= 0.6 is 11.3 Å². The van der Waals surface area contributed by atoms with Crippen molar-refractivity contribution in [1.82, 2.24) is 4.31 Å². The Kier molecular flexibility index (Phi) is 7.89. The van der Waals surface area contributed by atoms with Crippen molar-refractivity contribution in [2.75, 3.05) is 20.2 Å². The predicted octanol–water partition coefficient (Wildman–Crippen LogP) is 7.18. The SMILES string of the molecule is COC(=O)c1sc(-c2ccccc2)cc1C1=C(C2CCC(C)CC2)CN(S(=O)(=O)c2ccc(C)cc2)CC1. The zero-order valence-electron chi connectivity index (χ0n) is 22.3. The first-order valence-corrected chi connectivity index (χ1v) is 15.6. The molecule has 1 saturated carbocycles. The van der Waals surface area contributed by atoms with Gasteiger partial charge in [0.05, 0.1) is 12.0 Å². The number of sulfonamides is 1. The second kappa shape index (κ2) is 11.2. The Morgan fingerprint density at radius 2 is 1.68 bits per heavy atom. The lowest BCUT2D eigenvalue weighted by Gasteiger charge is -2.36. The molecule has 200 valence electrons. The van der Waals surface area contributed by atoms with E-state index in [0.29, 0.717) is 41.1 Å². The van der Waals surface area contributed by atoms with Gasteiger partial charge in [0.15, 0.2) is 0 Å². The minimum Gasteiger partial charge on any atom is -0.465 e. The van der Waals surface area contributed by atoms with Crippen LogP contribution < -0.4 is 0 Å². The predicted molar refractivity (Wildman–Crippen MR) is 154 cm³/mol.